The molecule has 0 unspecified atom stereocenters. The van der Waals surface area contributed by atoms with Crippen molar-refractivity contribution in [1.29, 1.82) is 0 Å². The Morgan fingerprint density at radius 3 is 2.42 bits per heavy atom. The zero-order valence-electron chi connectivity index (χ0n) is 11.0. The topological polar surface area (TPSA) is 88.6 Å². The number of hydrogen-bond acceptors (Lipinski definition) is 6. The van der Waals surface area contributed by atoms with Crippen LogP contribution in [0.5, 0.6) is 11.5 Å². The van der Waals surface area contributed by atoms with Crippen LogP contribution in [0.2, 0.25) is 0 Å². The molecule has 0 aliphatic carbocycles. The van der Waals surface area contributed by atoms with Crippen molar-refractivity contribution in [3.05, 3.63) is 24.0 Å². The second kappa shape index (κ2) is 4.89. The molecule has 6 nitrogen and oxygen atoms in total. The number of phenolic OH excluding ortho intramolecular Hbond substituents is 2. The minimum atomic E-state index is -0.657. The standard InChI is InChI=1S/C13H16N2O4/c1-4-18-13(2,3)12-14-11(19-15-12)8-5-9(16)7-10(17)6-8/h5-7,16-17H,4H2,1-3H3. The number of nitrogens with zero attached hydrogens (tertiary/aromatic N) is 2. The van der Waals surface area contributed by atoms with E-state index in [1.165, 1.54) is 18.2 Å². The van der Waals surface area contributed by atoms with Gasteiger partial charge in [-0.2, -0.15) is 4.98 Å². The number of aromatic nitrogens is 2. The lowest BCUT2D eigenvalue weighted by Crippen LogP contribution is -2.23. The highest BCUT2D eigenvalue weighted by atomic mass is 16.5. The van der Waals surface area contributed by atoms with Gasteiger partial charge in [-0.15, -0.1) is 0 Å². The molecule has 0 aliphatic heterocycles. The maximum Gasteiger partial charge on any atom is 0.258 e. The van der Waals surface area contributed by atoms with Gasteiger partial charge in [-0.3, -0.25) is 0 Å². The quantitative estimate of drug-likeness (QED) is 0.881. The van der Waals surface area contributed by atoms with Gasteiger partial charge < -0.3 is 19.5 Å². The molecular weight excluding hydrogens is 248 g/mol. The lowest BCUT2D eigenvalue weighted by molar-refractivity contribution is -0.0221. The molecule has 6 heteroatoms. The second-order valence-corrected chi connectivity index (χ2v) is 4.60. The van der Waals surface area contributed by atoms with Gasteiger partial charge in [0, 0.05) is 18.2 Å². The summed E-state index contributed by atoms with van der Waals surface area (Å²) >= 11 is 0. The van der Waals surface area contributed by atoms with Crippen LogP contribution < -0.4 is 0 Å². The van der Waals surface area contributed by atoms with Crippen LogP contribution in [0.25, 0.3) is 11.5 Å². The van der Waals surface area contributed by atoms with Crippen LogP contribution >= 0.6 is 0 Å². The van der Waals surface area contributed by atoms with Gasteiger partial charge in [0.15, 0.2) is 0 Å². The van der Waals surface area contributed by atoms with E-state index in [2.05, 4.69) is 10.1 Å². The fourth-order valence-electron chi connectivity index (χ4n) is 1.73. The highest BCUT2D eigenvalue weighted by Crippen LogP contribution is 2.29. The lowest BCUT2D eigenvalue weighted by Gasteiger charge is -2.19. The van der Waals surface area contributed by atoms with Crippen molar-refractivity contribution in [2.45, 2.75) is 26.4 Å². The van der Waals surface area contributed by atoms with E-state index >= 15 is 0 Å². The van der Waals surface area contributed by atoms with E-state index in [1.807, 2.05) is 20.8 Å². The van der Waals surface area contributed by atoms with E-state index in [0.29, 0.717) is 18.0 Å². The Balaban J connectivity index is 2.35. The highest BCUT2D eigenvalue weighted by molar-refractivity contribution is 5.58. The Morgan fingerprint density at radius 1 is 1.21 bits per heavy atom. The fourth-order valence-corrected chi connectivity index (χ4v) is 1.73. The molecule has 2 N–H and O–H groups in total. The lowest BCUT2D eigenvalue weighted by atomic mass is 10.1. The molecule has 0 saturated carbocycles. The van der Waals surface area contributed by atoms with Gasteiger partial charge in [-0.25, -0.2) is 0 Å². The van der Waals surface area contributed by atoms with E-state index in [1.54, 1.807) is 0 Å². The smallest absolute Gasteiger partial charge is 0.258 e. The maximum atomic E-state index is 9.43. The first-order valence-electron chi connectivity index (χ1n) is 5.94. The summed E-state index contributed by atoms with van der Waals surface area (Å²) in [4.78, 5) is 4.23. The molecule has 0 saturated heterocycles. The van der Waals surface area contributed by atoms with Crippen molar-refractivity contribution in [3.8, 4) is 23.0 Å². The van der Waals surface area contributed by atoms with Crippen molar-refractivity contribution in [2.24, 2.45) is 0 Å². The predicted molar refractivity (Wildman–Crippen MR) is 67.7 cm³/mol. The minimum Gasteiger partial charge on any atom is -0.508 e. The molecule has 0 spiro atoms. The van der Waals surface area contributed by atoms with Crippen molar-refractivity contribution in [1.82, 2.24) is 10.1 Å². The van der Waals surface area contributed by atoms with Crippen molar-refractivity contribution in [2.75, 3.05) is 6.61 Å². The van der Waals surface area contributed by atoms with Crippen LogP contribution in [0, 0.1) is 0 Å². The molecule has 1 aromatic carbocycles. The summed E-state index contributed by atoms with van der Waals surface area (Å²) in [7, 11) is 0. The summed E-state index contributed by atoms with van der Waals surface area (Å²) in [5.41, 5.74) is -0.210. The molecule has 0 radical (unpaired) electrons. The minimum absolute atomic E-state index is 0.0705. The number of rotatable bonds is 4. The number of ether oxygens (including phenoxy) is 1. The summed E-state index contributed by atoms with van der Waals surface area (Å²) in [5, 5.41) is 22.7. The zero-order valence-corrected chi connectivity index (χ0v) is 11.0. The summed E-state index contributed by atoms with van der Waals surface area (Å²) < 4.78 is 10.7. The molecule has 2 rings (SSSR count). The number of benzene rings is 1. The van der Waals surface area contributed by atoms with Gasteiger partial charge in [0.05, 0.1) is 0 Å². The Bertz CT molecular complexity index is 558. The maximum absolute atomic E-state index is 9.43. The molecule has 0 bridgehead atoms. The Labute approximate surface area is 110 Å². The molecule has 0 aliphatic rings. The van der Waals surface area contributed by atoms with Crippen LogP contribution in [0.1, 0.15) is 26.6 Å². The Kier molecular flexibility index (Phi) is 3.44. The molecule has 0 amide bonds. The molecule has 19 heavy (non-hydrogen) atoms. The van der Waals surface area contributed by atoms with Crippen molar-refractivity contribution < 1.29 is 19.5 Å². The van der Waals surface area contributed by atoms with Crippen LogP contribution in [0.4, 0.5) is 0 Å². The predicted octanol–water partition coefficient (Wildman–Crippen LogP) is 2.42. The van der Waals surface area contributed by atoms with Crippen molar-refractivity contribution in [3.63, 3.8) is 0 Å². The summed E-state index contributed by atoms with van der Waals surface area (Å²) in [6.45, 7) is 6.09. The van der Waals surface area contributed by atoms with Gasteiger partial charge in [0.2, 0.25) is 5.82 Å². The fraction of sp³-hybridized carbons (Fsp3) is 0.385. The third-order valence-corrected chi connectivity index (χ3v) is 2.62. The van der Waals surface area contributed by atoms with E-state index < -0.39 is 5.60 Å². The average Bonchev–Trinajstić information content (AvgIpc) is 2.77. The van der Waals surface area contributed by atoms with Crippen LogP contribution in [0.3, 0.4) is 0 Å². The zero-order chi connectivity index (χ0) is 14.0. The first kappa shape index (κ1) is 13.4. The normalized spacial score (nSPS) is 11.7. The monoisotopic (exact) mass is 264 g/mol. The summed E-state index contributed by atoms with van der Waals surface area (Å²) in [5.74, 6) is 0.485. The first-order chi connectivity index (χ1) is 8.92. The number of hydrogen-bond donors (Lipinski definition) is 2. The van der Waals surface area contributed by atoms with Crippen LogP contribution in [0.15, 0.2) is 22.7 Å². The summed E-state index contributed by atoms with van der Waals surface area (Å²) in [6, 6.07) is 4.10. The SMILES string of the molecule is CCOC(C)(C)c1noc(-c2cc(O)cc(O)c2)n1. The molecular formula is C13H16N2O4. The summed E-state index contributed by atoms with van der Waals surface area (Å²) in [6.07, 6.45) is 0. The van der Waals surface area contributed by atoms with E-state index in [-0.39, 0.29) is 17.4 Å². The second-order valence-electron chi connectivity index (χ2n) is 4.60. The number of aromatic hydroxyl groups is 2. The molecule has 1 heterocycles. The van der Waals surface area contributed by atoms with E-state index in [0.717, 1.165) is 0 Å². The molecule has 0 fully saturated rings. The molecule has 102 valence electrons. The highest BCUT2D eigenvalue weighted by Gasteiger charge is 2.27. The molecule has 0 atom stereocenters. The van der Waals surface area contributed by atoms with Gasteiger partial charge in [0.25, 0.3) is 5.89 Å². The van der Waals surface area contributed by atoms with Gasteiger partial charge in [-0.05, 0) is 32.9 Å². The third-order valence-electron chi connectivity index (χ3n) is 2.62. The van der Waals surface area contributed by atoms with Crippen molar-refractivity contribution >= 4 is 0 Å². The van der Waals surface area contributed by atoms with E-state index in [9.17, 15) is 10.2 Å². The largest absolute Gasteiger partial charge is 0.508 e. The van der Waals surface area contributed by atoms with Crippen LogP contribution in [-0.2, 0) is 10.3 Å². The van der Waals surface area contributed by atoms with Gasteiger partial charge in [-0.1, -0.05) is 5.16 Å². The first-order valence-corrected chi connectivity index (χ1v) is 5.94. The molecule has 2 aromatic rings. The van der Waals surface area contributed by atoms with Gasteiger partial charge in [0.1, 0.15) is 17.1 Å². The van der Waals surface area contributed by atoms with Gasteiger partial charge >= 0.3 is 0 Å². The third kappa shape index (κ3) is 2.85. The number of phenols is 2. The molecule has 1 aromatic heterocycles. The average molecular weight is 264 g/mol. The van der Waals surface area contributed by atoms with E-state index in [4.69, 9.17) is 9.26 Å². The van der Waals surface area contributed by atoms with Crippen LogP contribution in [-0.4, -0.2) is 27.0 Å². The Hall–Kier alpha value is -2.08. The Morgan fingerprint density at radius 2 is 1.84 bits per heavy atom.